The van der Waals surface area contributed by atoms with Gasteiger partial charge < -0.3 is 9.80 Å². The molecule has 0 N–H and O–H groups in total. The van der Waals surface area contributed by atoms with E-state index in [1.807, 2.05) is 25.1 Å². The van der Waals surface area contributed by atoms with Crippen LogP contribution in [0.5, 0.6) is 0 Å². The summed E-state index contributed by atoms with van der Waals surface area (Å²) in [5, 5.41) is 11.4. The Hall–Kier alpha value is -2.12. The third-order valence-electron chi connectivity index (χ3n) is 4.06. The first-order chi connectivity index (χ1) is 11.5. The Bertz CT molecular complexity index is 785. The van der Waals surface area contributed by atoms with E-state index in [0.29, 0.717) is 36.1 Å². The van der Waals surface area contributed by atoms with Gasteiger partial charge in [-0.25, -0.2) is 0 Å². The van der Waals surface area contributed by atoms with Gasteiger partial charge in [0, 0.05) is 43.0 Å². The van der Waals surface area contributed by atoms with Crippen molar-refractivity contribution in [2.75, 3.05) is 31.1 Å². The highest BCUT2D eigenvalue weighted by Gasteiger charge is 2.25. The van der Waals surface area contributed by atoms with Crippen molar-refractivity contribution in [3.05, 3.63) is 55.9 Å². The van der Waals surface area contributed by atoms with Crippen molar-refractivity contribution in [3.8, 4) is 0 Å². The Balaban J connectivity index is 1.67. The fraction of sp³-hybridized carbons (Fsp3) is 0.312. The van der Waals surface area contributed by atoms with Gasteiger partial charge in [0.05, 0.1) is 9.80 Å². The summed E-state index contributed by atoms with van der Waals surface area (Å²) in [6, 6.07) is 8.70. The minimum atomic E-state index is -0.471. The van der Waals surface area contributed by atoms with Crippen LogP contribution in [0, 0.1) is 17.0 Å². The van der Waals surface area contributed by atoms with Crippen LogP contribution in [0.25, 0.3) is 0 Å². The molecule has 0 aliphatic carbocycles. The number of carbonyl (C=O) groups is 1. The van der Waals surface area contributed by atoms with Crippen LogP contribution in [-0.2, 0) is 0 Å². The van der Waals surface area contributed by atoms with Crippen LogP contribution in [0.4, 0.5) is 10.7 Å². The van der Waals surface area contributed by atoms with Gasteiger partial charge in [0.15, 0.2) is 0 Å². The maximum Gasteiger partial charge on any atom is 0.324 e. The average Bonchev–Trinajstić information content (AvgIpc) is 3.07. The second-order valence-electron chi connectivity index (χ2n) is 5.61. The first-order valence-corrected chi connectivity index (χ1v) is 8.70. The number of benzene rings is 1. The van der Waals surface area contributed by atoms with E-state index >= 15 is 0 Å². The molecule has 0 unspecified atom stereocenters. The molecule has 0 saturated carbocycles. The highest BCUT2D eigenvalue weighted by molar-refractivity contribution is 7.17. The summed E-state index contributed by atoms with van der Waals surface area (Å²) in [5.74, 6) is -0.143. The summed E-state index contributed by atoms with van der Waals surface area (Å²) in [4.78, 5) is 27.1. The summed E-state index contributed by atoms with van der Waals surface area (Å²) >= 11 is 7.00. The Morgan fingerprint density at radius 3 is 2.54 bits per heavy atom. The van der Waals surface area contributed by atoms with Crippen molar-refractivity contribution in [3.63, 3.8) is 0 Å². The number of hydrogen-bond acceptors (Lipinski definition) is 5. The number of anilines is 1. The molecular formula is C16H16ClN3O3S. The predicted octanol–water partition coefficient (Wildman–Crippen LogP) is 3.58. The van der Waals surface area contributed by atoms with Crippen molar-refractivity contribution in [1.29, 1.82) is 0 Å². The number of halogens is 1. The fourth-order valence-corrected chi connectivity index (χ4v) is 3.73. The monoisotopic (exact) mass is 365 g/mol. The van der Waals surface area contributed by atoms with Gasteiger partial charge in [0.2, 0.25) is 0 Å². The normalized spacial score (nSPS) is 14.8. The van der Waals surface area contributed by atoms with E-state index in [9.17, 15) is 14.9 Å². The summed E-state index contributed by atoms with van der Waals surface area (Å²) in [7, 11) is 0. The van der Waals surface area contributed by atoms with E-state index < -0.39 is 4.92 Å². The second-order valence-corrected chi connectivity index (χ2v) is 7.10. The van der Waals surface area contributed by atoms with Gasteiger partial charge in [0.25, 0.3) is 5.91 Å². The molecule has 8 heteroatoms. The van der Waals surface area contributed by atoms with E-state index in [-0.39, 0.29) is 10.9 Å². The molecule has 2 aromatic rings. The van der Waals surface area contributed by atoms with E-state index in [1.165, 1.54) is 12.1 Å². The predicted molar refractivity (Wildman–Crippen MR) is 95.3 cm³/mol. The van der Waals surface area contributed by atoms with Crippen molar-refractivity contribution in [2.45, 2.75) is 6.92 Å². The van der Waals surface area contributed by atoms with Gasteiger partial charge in [-0.3, -0.25) is 14.9 Å². The van der Waals surface area contributed by atoms with Gasteiger partial charge >= 0.3 is 5.00 Å². The first kappa shape index (κ1) is 16.7. The minimum absolute atomic E-state index is 0.00784. The van der Waals surface area contributed by atoms with Crippen molar-refractivity contribution < 1.29 is 9.72 Å². The number of aryl methyl sites for hydroxylation is 1. The molecule has 1 aromatic heterocycles. The summed E-state index contributed by atoms with van der Waals surface area (Å²) in [6.07, 6.45) is 0. The molecule has 1 aromatic carbocycles. The summed E-state index contributed by atoms with van der Waals surface area (Å²) < 4.78 is 0. The SMILES string of the molecule is Cc1ccc(Cl)cc1N1CCN(C(=O)c2ccc([N+](=O)[O-])s2)CC1. The summed E-state index contributed by atoms with van der Waals surface area (Å²) in [6.45, 7) is 4.61. The molecule has 3 rings (SSSR count). The van der Waals surface area contributed by atoms with Crippen LogP contribution >= 0.6 is 22.9 Å². The number of piperazine rings is 1. The van der Waals surface area contributed by atoms with Crippen LogP contribution < -0.4 is 4.90 Å². The van der Waals surface area contributed by atoms with E-state index in [4.69, 9.17) is 11.6 Å². The molecule has 1 fully saturated rings. The molecule has 1 aliphatic heterocycles. The van der Waals surface area contributed by atoms with Crippen LogP contribution in [0.2, 0.25) is 5.02 Å². The van der Waals surface area contributed by atoms with Crippen LogP contribution in [0.15, 0.2) is 30.3 Å². The van der Waals surface area contributed by atoms with E-state index in [0.717, 1.165) is 22.6 Å². The van der Waals surface area contributed by atoms with E-state index in [1.54, 1.807) is 4.90 Å². The molecule has 0 bridgehead atoms. The topological polar surface area (TPSA) is 66.7 Å². The first-order valence-electron chi connectivity index (χ1n) is 7.50. The minimum Gasteiger partial charge on any atom is -0.368 e. The Labute approximate surface area is 148 Å². The maximum absolute atomic E-state index is 12.5. The van der Waals surface area contributed by atoms with Crippen LogP contribution in [0.1, 0.15) is 15.2 Å². The molecule has 1 aliphatic rings. The molecule has 6 nitrogen and oxygen atoms in total. The highest BCUT2D eigenvalue weighted by Crippen LogP contribution is 2.27. The molecular weight excluding hydrogens is 350 g/mol. The fourth-order valence-electron chi connectivity index (χ4n) is 2.77. The van der Waals surface area contributed by atoms with Crippen molar-refractivity contribution >= 4 is 39.5 Å². The van der Waals surface area contributed by atoms with Gasteiger partial charge in [-0.2, -0.15) is 0 Å². The van der Waals surface area contributed by atoms with Crippen molar-refractivity contribution in [2.24, 2.45) is 0 Å². The molecule has 0 spiro atoms. The molecule has 0 radical (unpaired) electrons. The number of thiophene rings is 1. The second kappa shape index (κ2) is 6.78. The number of nitro groups is 1. The third-order valence-corrected chi connectivity index (χ3v) is 5.32. The number of amides is 1. The smallest absolute Gasteiger partial charge is 0.324 e. The lowest BCUT2D eigenvalue weighted by Crippen LogP contribution is -2.48. The zero-order chi connectivity index (χ0) is 17.3. The van der Waals surface area contributed by atoms with E-state index in [2.05, 4.69) is 4.90 Å². The Kier molecular flexibility index (Phi) is 4.73. The number of carbonyl (C=O) groups excluding carboxylic acids is 1. The number of hydrogen-bond donors (Lipinski definition) is 0. The standard InChI is InChI=1S/C16H16ClN3O3S/c1-11-2-3-12(17)10-13(11)18-6-8-19(9-7-18)16(21)14-4-5-15(24-14)20(22)23/h2-5,10H,6-9H2,1H3. The average molecular weight is 366 g/mol. The Morgan fingerprint density at radius 1 is 1.21 bits per heavy atom. The van der Waals surface area contributed by atoms with Gasteiger partial charge in [-0.05, 0) is 30.7 Å². The zero-order valence-corrected chi connectivity index (χ0v) is 14.6. The van der Waals surface area contributed by atoms with Gasteiger partial charge in [0.1, 0.15) is 0 Å². The van der Waals surface area contributed by atoms with Gasteiger partial charge in [-0.1, -0.05) is 29.0 Å². The molecule has 0 atom stereocenters. The lowest BCUT2D eigenvalue weighted by atomic mass is 10.1. The zero-order valence-electron chi connectivity index (χ0n) is 13.1. The lowest BCUT2D eigenvalue weighted by molar-refractivity contribution is -0.380. The quantitative estimate of drug-likeness (QED) is 0.616. The summed E-state index contributed by atoms with van der Waals surface area (Å²) in [5.41, 5.74) is 2.23. The Morgan fingerprint density at radius 2 is 1.92 bits per heavy atom. The lowest BCUT2D eigenvalue weighted by Gasteiger charge is -2.36. The van der Waals surface area contributed by atoms with Crippen LogP contribution in [-0.4, -0.2) is 41.9 Å². The molecule has 126 valence electrons. The van der Waals surface area contributed by atoms with Crippen molar-refractivity contribution in [1.82, 2.24) is 4.90 Å². The molecule has 1 saturated heterocycles. The van der Waals surface area contributed by atoms with Gasteiger partial charge in [-0.15, -0.1) is 0 Å². The third kappa shape index (κ3) is 3.37. The largest absolute Gasteiger partial charge is 0.368 e. The number of rotatable bonds is 3. The number of nitrogens with zero attached hydrogens (tertiary/aromatic N) is 3. The molecule has 24 heavy (non-hydrogen) atoms. The maximum atomic E-state index is 12.5. The highest BCUT2D eigenvalue weighted by atomic mass is 35.5. The molecule has 2 heterocycles. The van der Waals surface area contributed by atoms with Crippen LogP contribution in [0.3, 0.4) is 0 Å². The molecule has 1 amide bonds.